The molecule has 0 bridgehead atoms. The zero-order valence-electron chi connectivity index (χ0n) is 15.5. The third kappa shape index (κ3) is 3.28. The lowest BCUT2D eigenvalue weighted by molar-refractivity contribution is 0.0918. The number of fused-ring (bicyclic) bond motifs is 1. The van der Waals surface area contributed by atoms with E-state index in [1.165, 1.54) is 14.0 Å². The van der Waals surface area contributed by atoms with Crippen molar-refractivity contribution in [2.45, 2.75) is 24.5 Å². The van der Waals surface area contributed by atoms with Crippen LogP contribution in [0.2, 0.25) is 0 Å². The Labute approximate surface area is 160 Å². The zero-order chi connectivity index (χ0) is 19.7. The fourth-order valence-corrected chi connectivity index (χ4v) is 3.88. The average Bonchev–Trinajstić information content (AvgIpc) is 2.65. The van der Waals surface area contributed by atoms with Crippen LogP contribution in [0.15, 0.2) is 22.1 Å². The maximum Gasteiger partial charge on any atom is 0.270 e. The van der Waals surface area contributed by atoms with E-state index in [0.717, 1.165) is 33.9 Å². The molecule has 1 unspecified atom stereocenters. The molecule has 0 saturated carbocycles. The normalized spacial score (nSPS) is 15.9. The Hall–Kier alpha value is -2.52. The van der Waals surface area contributed by atoms with Crippen LogP contribution in [0.4, 0.5) is 0 Å². The van der Waals surface area contributed by atoms with E-state index in [2.05, 4.69) is 10.3 Å². The van der Waals surface area contributed by atoms with Gasteiger partial charge in [0.2, 0.25) is 11.8 Å². The number of carbonyl (C=O) groups is 1. The zero-order valence-corrected chi connectivity index (χ0v) is 16.3. The number of aromatic hydroxyl groups is 1. The molecule has 144 valence electrons. The van der Waals surface area contributed by atoms with Crippen LogP contribution in [-0.2, 0) is 6.42 Å². The van der Waals surface area contributed by atoms with Gasteiger partial charge in [0, 0.05) is 13.5 Å². The molecule has 8 nitrogen and oxygen atoms in total. The van der Waals surface area contributed by atoms with Crippen molar-refractivity contribution in [3.63, 3.8) is 0 Å². The van der Waals surface area contributed by atoms with E-state index in [9.17, 15) is 14.7 Å². The highest BCUT2D eigenvalue weighted by molar-refractivity contribution is 7.98. The van der Waals surface area contributed by atoms with Crippen molar-refractivity contribution in [2.75, 3.05) is 27.0 Å². The summed E-state index contributed by atoms with van der Waals surface area (Å²) >= 11 is 1.12. The number of thioether (sulfide) groups is 1. The van der Waals surface area contributed by atoms with Gasteiger partial charge in [-0.3, -0.25) is 9.59 Å². The van der Waals surface area contributed by atoms with E-state index in [4.69, 9.17) is 9.47 Å². The van der Waals surface area contributed by atoms with Crippen LogP contribution in [0.5, 0.6) is 17.4 Å². The van der Waals surface area contributed by atoms with Gasteiger partial charge in [-0.25, -0.2) is 4.57 Å². The van der Waals surface area contributed by atoms with Gasteiger partial charge in [0.15, 0.2) is 16.7 Å². The lowest BCUT2D eigenvalue weighted by Crippen LogP contribution is -2.38. The second-order valence-corrected chi connectivity index (χ2v) is 6.81. The molecule has 0 spiro atoms. The summed E-state index contributed by atoms with van der Waals surface area (Å²) in [6.07, 6.45) is 2.41. The Morgan fingerprint density at radius 3 is 2.59 bits per heavy atom. The van der Waals surface area contributed by atoms with Gasteiger partial charge in [-0.1, -0.05) is 11.8 Å². The number of carbonyl (C=O) groups excluding carboxylic acids is 1. The van der Waals surface area contributed by atoms with Crippen molar-refractivity contribution in [2.24, 2.45) is 0 Å². The van der Waals surface area contributed by atoms with Crippen LogP contribution in [0, 0.1) is 0 Å². The summed E-state index contributed by atoms with van der Waals surface area (Å²) < 4.78 is 11.7. The predicted molar refractivity (Wildman–Crippen MR) is 101 cm³/mol. The minimum atomic E-state index is -0.616. The quantitative estimate of drug-likeness (QED) is 0.598. The van der Waals surface area contributed by atoms with Crippen molar-refractivity contribution in [3.8, 4) is 17.4 Å². The molecule has 0 amide bonds. The van der Waals surface area contributed by atoms with Gasteiger partial charge >= 0.3 is 0 Å². The van der Waals surface area contributed by atoms with Crippen LogP contribution in [-0.4, -0.2) is 47.6 Å². The Morgan fingerprint density at radius 1 is 1.33 bits per heavy atom. The van der Waals surface area contributed by atoms with Gasteiger partial charge in [-0.2, -0.15) is 4.98 Å². The molecule has 0 aliphatic carbocycles. The first kappa shape index (κ1) is 19.2. The van der Waals surface area contributed by atoms with Crippen molar-refractivity contribution < 1.29 is 19.4 Å². The molecular formula is C18H21N3O5S. The first-order chi connectivity index (χ1) is 12.9. The van der Waals surface area contributed by atoms with Crippen molar-refractivity contribution >= 4 is 17.7 Å². The molecule has 1 aliphatic heterocycles. The Kier molecular flexibility index (Phi) is 5.43. The lowest BCUT2D eigenvalue weighted by atomic mass is 9.90. The molecule has 1 aliphatic rings. The molecule has 9 heteroatoms. The van der Waals surface area contributed by atoms with E-state index < -0.39 is 17.5 Å². The third-order valence-electron chi connectivity index (χ3n) is 4.55. The van der Waals surface area contributed by atoms with E-state index in [1.807, 2.05) is 6.07 Å². The van der Waals surface area contributed by atoms with E-state index in [1.54, 1.807) is 19.4 Å². The number of ether oxygens (including phenoxy) is 2. The molecule has 2 N–H and O–H groups in total. The predicted octanol–water partition coefficient (Wildman–Crippen LogP) is 1.58. The molecule has 3 rings (SSSR count). The largest absolute Gasteiger partial charge is 0.493 e. The standard InChI is InChI=1S/C18H21N3O5S/c1-9(22)21-17(24)14(16(23)20-18(21)27-4)15-11-8-13(26-3)12(25-2)7-10(11)5-6-19-15/h7-8,15,19,23H,5-6H2,1-4H3. The first-order valence-corrected chi connectivity index (χ1v) is 9.54. The number of hydrogen-bond donors (Lipinski definition) is 2. The van der Waals surface area contributed by atoms with Crippen molar-refractivity contribution in [3.05, 3.63) is 39.2 Å². The number of hydrogen-bond acceptors (Lipinski definition) is 8. The minimum absolute atomic E-state index is 0.0381. The number of aromatic nitrogens is 2. The minimum Gasteiger partial charge on any atom is -0.493 e. The van der Waals surface area contributed by atoms with Gasteiger partial charge < -0.3 is 19.9 Å². The number of nitrogens with zero attached hydrogens (tertiary/aromatic N) is 2. The highest BCUT2D eigenvalue weighted by Crippen LogP contribution is 2.38. The summed E-state index contributed by atoms with van der Waals surface area (Å²) in [5.74, 6) is 0.270. The molecule has 2 heterocycles. The number of nitrogens with one attached hydrogen (secondary N) is 1. The first-order valence-electron chi connectivity index (χ1n) is 8.31. The van der Waals surface area contributed by atoms with E-state index in [0.29, 0.717) is 18.0 Å². The molecule has 1 atom stereocenters. The molecular weight excluding hydrogens is 370 g/mol. The summed E-state index contributed by atoms with van der Waals surface area (Å²) in [6, 6.07) is 3.03. The van der Waals surface area contributed by atoms with Crippen molar-refractivity contribution in [1.29, 1.82) is 0 Å². The summed E-state index contributed by atoms with van der Waals surface area (Å²) in [5.41, 5.74) is 1.20. The highest BCUT2D eigenvalue weighted by Gasteiger charge is 2.31. The van der Waals surface area contributed by atoms with Crippen LogP contribution in [0.25, 0.3) is 0 Å². The molecule has 1 aromatic heterocycles. The lowest BCUT2D eigenvalue weighted by Gasteiger charge is -2.28. The van der Waals surface area contributed by atoms with E-state index >= 15 is 0 Å². The number of rotatable bonds is 4. The second-order valence-electron chi connectivity index (χ2n) is 6.04. The summed E-state index contributed by atoms with van der Waals surface area (Å²) in [7, 11) is 3.09. The fourth-order valence-electron chi connectivity index (χ4n) is 3.31. The molecule has 0 fully saturated rings. The maximum atomic E-state index is 13.0. The maximum absolute atomic E-state index is 13.0. The molecule has 2 aromatic rings. The third-order valence-corrected chi connectivity index (χ3v) is 5.19. The van der Waals surface area contributed by atoms with Crippen LogP contribution >= 0.6 is 11.8 Å². The van der Waals surface area contributed by atoms with Gasteiger partial charge in [-0.05, 0) is 35.9 Å². The number of benzene rings is 1. The molecule has 0 radical (unpaired) electrons. The van der Waals surface area contributed by atoms with Crippen LogP contribution in [0.1, 0.15) is 34.5 Å². The van der Waals surface area contributed by atoms with Gasteiger partial charge in [-0.15, -0.1) is 0 Å². The topological polar surface area (TPSA) is 103 Å². The smallest absolute Gasteiger partial charge is 0.270 e. The molecule has 27 heavy (non-hydrogen) atoms. The summed E-state index contributed by atoms with van der Waals surface area (Å²) in [5, 5.41) is 13.9. The fraction of sp³-hybridized carbons (Fsp3) is 0.389. The van der Waals surface area contributed by atoms with Gasteiger partial charge in [0.1, 0.15) is 5.56 Å². The Morgan fingerprint density at radius 2 is 2.00 bits per heavy atom. The average molecular weight is 391 g/mol. The van der Waals surface area contributed by atoms with Crippen LogP contribution in [0.3, 0.4) is 0 Å². The summed E-state index contributed by atoms with van der Waals surface area (Å²) in [6.45, 7) is 1.89. The molecule has 0 saturated heterocycles. The SMILES string of the molecule is COc1cc2c(cc1OC)C(c1c(O)nc(SC)n(C(C)=O)c1=O)NCC2. The van der Waals surface area contributed by atoms with E-state index in [-0.39, 0.29) is 16.6 Å². The van der Waals surface area contributed by atoms with Gasteiger partial charge in [0.05, 0.1) is 20.3 Å². The monoisotopic (exact) mass is 391 g/mol. The van der Waals surface area contributed by atoms with Gasteiger partial charge in [0.25, 0.3) is 5.56 Å². The Balaban J connectivity index is 2.24. The highest BCUT2D eigenvalue weighted by atomic mass is 32.2. The second kappa shape index (κ2) is 7.61. The molecule has 1 aromatic carbocycles. The van der Waals surface area contributed by atoms with Crippen LogP contribution < -0.4 is 20.3 Å². The van der Waals surface area contributed by atoms with Crippen molar-refractivity contribution in [1.82, 2.24) is 14.9 Å². The summed E-state index contributed by atoms with van der Waals surface area (Å²) in [4.78, 5) is 29.1. The number of methoxy groups -OCH3 is 2. The Bertz CT molecular complexity index is 957.